The SMILES string of the molecule is CC1(C)CC1NC(=O)c1ccc(Cl)cc1Br. The highest BCUT2D eigenvalue weighted by Crippen LogP contribution is 2.44. The highest BCUT2D eigenvalue weighted by Gasteiger charge is 2.46. The van der Waals surface area contributed by atoms with Crippen molar-refractivity contribution in [2.75, 3.05) is 0 Å². The summed E-state index contributed by atoms with van der Waals surface area (Å²) in [6.07, 6.45) is 1.05. The van der Waals surface area contributed by atoms with E-state index in [1.165, 1.54) is 0 Å². The van der Waals surface area contributed by atoms with E-state index in [2.05, 4.69) is 35.1 Å². The van der Waals surface area contributed by atoms with Crippen LogP contribution in [-0.4, -0.2) is 11.9 Å². The molecule has 1 aliphatic carbocycles. The van der Waals surface area contributed by atoms with Gasteiger partial charge in [-0.3, -0.25) is 4.79 Å². The summed E-state index contributed by atoms with van der Waals surface area (Å²) in [4.78, 5) is 11.9. The van der Waals surface area contributed by atoms with Crippen LogP contribution in [0.2, 0.25) is 5.02 Å². The molecule has 1 saturated carbocycles. The topological polar surface area (TPSA) is 29.1 Å². The number of halogens is 2. The monoisotopic (exact) mass is 301 g/mol. The van der Waals surface area contributed by atoms with Gasteiger partial charge in [0.1, 0.15) is 0 Å². The number of carbonyl (C=O) groups is 1. The summed E-state index contributed by atoms with van der Waals surface area (Å²) in [5.74, 6) is -0.0425. The molecule has 16 heavy (non-hydrogen) atoms. The summed E-state index contributed by atoms with van der Waals surface area (Å²) in [7, 11) is 0. The van der Waals surface area contributed by atoms with Crippen LogP contribution < -0.4 is 5.32 Å². The Kier molecular flexibility index (Phi) is 3.01. The van der Waals surface area contributed by atoms with Crippen LogP contribution in [0.1, 0.15) is 30.6 Å². The molecule has 1 unspecified atom stereocenters. The quantitative estimate of drug-likeness (QED) is 0.888. The molecule has 0 spiro atoms. The molecular weight excluding hydrogens is 289 g/mol. The highest BCUT2D eigenvalue weighted by molar-refractivity contribution is 9.10. The van der Waals surface area contributed by atoms with Crippen LogP contribution in [0.15, 0.2) is 22.7 Å². The molecule has 1 amide bonds. The Morgan fingerprint density at radius 3 is 2.69 bits per heavy atom. The van der Waals surface area contributed by atoms with E-state index >= 15 is 0 Å². The first kappa shape index (κ1) is 11.9. The van der Waals surface area contributed by atoms with Gasteiger partial charge < -0.3 is 5.32 Å². The van der Waals surface area contributed by atoms with Gasteiger partial charge >= 0.3 is 0 Å². The fraction of sp³-hybridized carbons (Fsp3) is 0.417. The van der Waals surface area contributed by atoms with Gasteiger partial charge in [-0.25, -0.2) is 0 Å². The zero-order valence-corrected chi connectivity index (χ0v) is 11.5. The molecule has 0 heterocycles. The van der Waals surface area contributed by atoms with Crippen LogP contribution in [0.4, 0.5) is 0 Å². The number of amides is 1. The maximum atomic E-state index is 11.9. The normalized spacial score (nSPS) is 21.6. The second-order valence-electron chi connectivity index (χ2n) is 4.84. The van der Waals surface area contributed by atoms with Crippen LogP contribution in [0.25, 0.3) is 0 Å². The summed E-state index contributed by atoms with van der Waals surface area (Å²) in [6, 6.07) is 5.48. The Morgan fingerprint density at radius 1 is 1.56 bits per heavy atom. The third-order valence-electron chi connectivity index (χ3n) is 2.99. The molecule has 1 aromatic carbocycles. The van der Waals surface area contributed by atoms with E-state index in [4.69, 9.17) is 11.6 Å². The molecule has 0 saturated heterocycles. The fourth-order valence-corrected chi connectivity index (χ4v) is 2.49. The standard InChI is InChI=1S/C12H13BrClNO/c1-12(2)6-10(12)15-11(16)8-4-3-7(14)5-9(8)13/h3-5,10H,6H2,1-2H3,(H,15,16). The van der Waals surface area contributed by atoms with Gasteiger partial charge in [0.2, 0.25) is 0 Å². The van der Waals surface area contributed by atoms with Gasteiger partial charge in [-0.05, 0) is 46.0 Å². The molecule has 0 radical (unpaired) electrons. The maximum Gasteiger partial charge on any atom is 0.252 e. The molecule has 1 fully saturated rings. The summed E-state index contributed by atoms with van der Waals surface area (Å²) >= 11 is 9.16. The summed E-state index contributed by atoms with van der Waals surface area (Å²) in [5, 5.41) is 3.63. The number of benzene rings is 1. The van der Waals surface area contributed by atoms with Gasteiger partial charge in [-0.2, -0.15) is 0 Å². The number of hydrogen-bond acceptors (Lipinski definition) is 1. The molecule has 86 valence electrons. The average molecular weight is 303 g/mol. The smallest absolute Gasteiger partial charge is 0.252 e. The molecule has 2 nitrogen and oxygen atoms in total. The van der Waals surface area contributed by atoms with Gasteiger partial charge in [-0.1, -0.05) is 25.4 Å². The summed E-state index contributed by atoms with van der Waals surface area (Å²) in [5.41, 5.74) is 0.876. The fourth-order valence-electron chi connectivity index (χ4n) is 1.62. The van der Waals surface area contributed by atoms with Crippen molar-refractivity contribution in [1.29, 1.82) is 0 Å². The van der Waals surface area contributed by atoms with Crippen molar-refractivity contribution in [3.05, 3.63) is 33.3 Å². The van der Waals surface area contributed by atoms with Gasteiger partial charge in [0.15, 0.2) is 0 Å². The number of rotatable bonds is 2. The number of nitrogens with one attached hydrogen (secondary N) is 1. The van der Waals surface area contributed by atoms with Crippen molar-refractivity contribution in [3.8, 4) is 0 Å². The maximum absolute atomic E-state index is 11.9. The second kappa shape index (κ2) is 4.04. The van der Waals surface area contributed by atoms with Crippen molar-refractivity contribution in [1.82, 2.24) is 5.32 Å². The molecule has 0 aromatic heterocycles. The third-order valence-corrected chi connectivity index (χ3v) is 3.89. The molecular formula is C12H13BrClNO. The van der Waals surface area contributed by atoms with Gasteiger partial charge in [0.25, 0.3) is 5.91 Å². The zero-order chi connectivity index (χ0) is 11.9. The van der Waals surface area contributed by atoms with Crippen LogP contribution >= 0.6 is 27.5 Å². The summed E-state index contributed by atoms with van der Waals surface area (Å²) < 4.78 is 0.732. The highest BCUT2D eigenvalue weighted by atomic mass is 79.9. The minimum atomic E-state index is -0.0425. The van der Waals surface area contributed by atoms with Crippen LogP contribution in [0.5, 0.6) is 0 Å². The van der Waals surface area contributed by atoms with Gasteiger partial charge in [0, 0.05) is 15.5 Å². The summed E-state index contributed by atoms with van der Waals surface area (Å²) in [6.45, 7) is 4.30. The Morgan fingerprint density at radius 2 is 2.19 bits per heavy atom. The first-order valence-corrected chi connectivity index (χ1v) is 6.33. The average Bonchev–Trinajstić information content (AvgIpc) is 2.72. The minimum Gasteiger partial charge on any atom is -0.349 e. The van der Waals surface area contributed by atoms with E-state index in [-0.39, 0.29) is 11.3 Å². The lowest BCUT2D eigenvalue weighted by atomic mass is 10.1. The van der Waals surface area contributed by atoms with Crippen molar-refractivity contribution in [2.24, 2.45) is 5.41 Å². The van der Waals surface area contributed by atoms with Crippen molar-refractivity contribution in [2.45, 2.75) is 26.3 Å². The van der Waals surface area contributed by atoms with Crippen molar-refractivity contribution < 1.29 is 4.79 Å². The van der Waals surface area contributed by atoms with Crippen LogP contribution in [0, 0.1) is 5.41 Å². The zero-order valence-electron chi connectivity index (χ0n) is 9.18. The van der Waals surface area contributed by atoms with E-state index in [9.17, 15) is 4.79 Å². The van der Waals surface area contributed by atoms with Gasteiger partial charge in [0.05, 0.1) is 5.56 Å². The Labute approximate surface area is 108 Å². The van der Waals surface area contributed by atoms with Gasteiger partial charge in [-0.15, -0.1) is 0 Å². The molecule has 1 N–H and O–H groups in total. The first-order chi connectivity index (χ1) is 7.40. The van der Waals surface area contributed by atoms with E-state index in [1.807, 2.05) is 0 Å². The Bertz CT molecular complexity index is 445. The predicted molar refractivity (Wildman–Crippen MR) is 68.8 cm³/mol. The third kappa shape index (κ3) is 2.41. The van der Waals surface area contributed by atoms with Crippen LogP contribution in [-0.2, 0) is 0 Å². The lowest BCUT2D eigenvalue weighted by molar-refractivity contribution is 0.0945. The Hall–Kier alpha value is -0.540. The van der Waals surface area contributed by atoms with E-state index in [0.29, 0.717) is 16.6 Å². The van der Waals surface area contributed by atoms with Crippen LogP contribution in [0.3, 0.4) is 0 Å². The molecule has 2 rings (SSSR count). The van der Waals surface area contributed by atoms with E-state index < -0.39 is 0 Å². The van der Waals surface area contributed by atoms with E-state index in [1.54, 1.807) is 18.2 Å². The molecule has 1 atom stereocenters. The number of carbonyl (C=O) groups excluding carboxylic acids is 1. The lowest BCUT2D eigenvalue weighted by Crippen LogP contribution is -2.28. The molecule has 4 heteroatoms. The Balaban J connectivity index is 2.10. The molecule has 0 bridgehead atoms. The van der Waals surface area contributed by atoms with E-state index in [0.717, 1.165) is 10.9 Å². The minimum absolute atomic E-state index is 0.0425. The lowest BCUT2D eigenvalue weighted by Gasteiger charge is -2.08. The molecule has 0 aliphatic heterocycles. The second-order valence-corrected chi connectivity index (χ2v) is 6.13. The van der Waals surface area contributed by atoms with Crippen molar-refractivity contribution in [3.63, 3.8) is 0 Å². The first-order valence-electron chi connectivity index (χ1n) is 5.16. The molecule has 1 aliphatic rings. The number of hydrogen-bond donors (Lipinski definition) is 1. The predicted octanol–water partition coefficient (Wildman–Crippen LogP) is 3.63. The van der Waals surface area contributed by atoms with Crippen molar-refractivity contribution >= 4 is 33.4 Å². The molecule has 1 aromatic rings. The largest absolute Gasteiger partial charge is 0.349 e.